The molecule has 0 aromatic heterocycles. The second kappa shape index (κ2) is 9.57. The maximum atomic E-state index is 10.1. The van der Waals surface area contributed by atoms with Gasteiger partial charge in [0, 0.05) is 7.11 Å². The molecular formula is C16H30O2. The van der Waals surface area contributed by atoms with E-state index in [9.17, 15) is 5.11 Å². The molecule has 0 amide bonds. The topological polar surface area (TPSA) is 29.5 Å². The molecule has 0 radical (unpaired) electrons. The Kier molecular flexibility index (Phi) is 8.36. The van der Waals surface area contributed by atoms with E-state index >= 15 is 0 Å². The van der Waals surface area contributed by atoms with Crippen molar-refractivity contribution < 1.29 is 9.84 Å². The molecular weight excluding hydrogens is 224 g/mol. The Hall–Kier alpha value is -0.340. The Morgan fingerprint density at radius 3 is 2.83 bits per heavy atom. The molecule has 1 fully saturated rings. The van der Waals surface area contributed by atoms with E-state index in [1.54, 1.807) is 7.11 Å². The molecule has 1 aliphatic carbocycles. The summed E-state index contributed by atoms with van der Waals surface area (Å²) < 4.78 is 5.38. The van der Waals surface area contributed by atoms with Crippen molar-refractivity contribution in [1.82, 2.24) is 0 Å². The highest BCUT2D eigenvalue weighted by Gasteiger charge is 2.13. The molecule has 0 spiro atoms. The van der Waals surface area contributed by atoms with E-state index in [2.05, 4.69) is 13.0 Å². The Labute approximate surface area is 112 Å². The minimum Gasteiger partial charge on any atom is -0.389 e. The molecule has 0 aliphatic heterocycles. The predicted octanol–water partition coefficient (Wildman–Crippen LogP) is 4.22. The molecule has 18 heavy (non-hydrogen) atoms. The molecule has 1 saturated carbocycles. The van der Waals surface area contributed by atoms with Gasteiger partial charge < -0.3 is 9.84 Å². The predicted molar refractivity (Wildman–Crippen MR) is 76.7 cm³/mol. The van der Waals surface area contributed by atoms with Gasteiger partial charge in [-0.15, -0.1) is 0 Å². The molecule has 2 atom stereocenters. The first kappa shape index (κ1) is 15.7. The van der Waals surface area contributed by atoms with Crippen molar-refractivity contribution in [2.24, 2.45) is 0 Å². The highest BCUT2D eigenvalue weighted by atomic mass is 16.5. The smallest absolute Gasteiger partial charge is 0.0750 e. The fraction of sp³-hybridized carbons (Fsp3) is 0.875. The number of allylic oxidation sites excluding steroid dienone is 1. The van der Waals surface area contributed by atoms with Gasteiger partial charge in [-0.1, -0.05) is 32.3 Å². The summed E-state index contributed by atoms with van der Waals surface area (Å²) in [5.41, 5.74) is 1.29. The zero-order valence-corrected chi connectivity index (χ0v) is 12.2. The van der Waals surface area contributed by atoms with Gasteiger partial charge in [0.25, 0.3) is 0 Å². The lowest BCUT2D eigenvalue weighted by molar-refractivity contribution is 0.0906. The number of methoxy groups -OCH3 is 1. The lowest BCUT2D eigenvalue weighted by atomic mass is 9.93. The highest BCUT2D eigenvalue weighted by Crippen LogP contribution is 2.23. The van der Waals surface area contributed by atoms with Crippen LogP contribution in [0.3, 0.4) is 0 Å². The van der Waals surface area contributed by atoms with Crippen LogP contribution in [0.1, 0.15) is 71.1 Å². The number of rotatable bonds is 6. The van der Waals surface area contributed by atoms with Crippen molar-refractivity contribution in [2.75, 3.05) is 7.11 Å². The van der Waals surface area contributed by atoms with Gasteiger partial charge in [0.2, 0.25) is 0 Å². The van der Waals surface area contributed by atoms with Crippen molar-refractivity contribution in [3.8, 4) is 0 Å². The Morgan fingerprint density at radius 2 is 2.11 bits per heavy atom. The molecule has 2 unspecified atom stereocenters. The number of hydrogen-bond acceptors (Lipinski definition) is 2. The van der Waals surface area contributed by atoms with Crippen molar-refractivity contribution in [1.29, 1.82) is 0 Å². The fourth-order valence-corrected chi connectivity index (χ4v) is 2.73. The lowest BCUT2D eigenvalue weighted by Gasteiger charge is -2.18. The van der Waals surface area contributed by atoms with Crippen LogP contribution in [0.15, 0.2) is 11.6 Å². The van der Waals surface area contributed by atoms with Gasteiger partial charge in [-0.25, -0.2) is 0 Å². The van der Waals surface area contributed by atoms with Crippen molar-refractivity contribution in [3.63, 3.8) is 0 Å². The number of unbranched alkanes of at least 4 members (excludes halogenated alkanes) is 1. The molecule has 0 aromatic rings. The van der Waals surface area contributed by atoms with E-state index in [0.717, 1.165) is 32.1 Å². The number of hydrogen-bond donors (Lipinski definition) is 1. The zero-order valence-electron chi connectivity index (χ0n) is 12.2. The van der Waals surface area contributed by atoms with Crippen LogP contribution < -0.4 is 0 Å². The van der Waals surface area contributed by atoms with E-state index in [4.69, 9.17) is 4.74 Å². The molecule has 0 heterocycles. The third-order valence-corrected chi connectivity index (χ3v) is 4.05. The molecule has 106 valence electrons. The van der Waals surface area contributed by atoms with Crippen LogP contribution in [0.25, 0.3) is 0 Å². The summed E-state index contributed by atoms with van der Waals surface area (Å²) in [6, 6.07) is 0. The summed E-state index contributed by atoms with van der Waals surface area (Å²) in [6.45, 7) is 2.17. The molecule has 2 nitrogen and oxygen atoms in total. The fourth-order valence-electron chi connectivity index (χ4n) is 2.73. The van der Waals surface area contributed by atoms with Gasteiger partial charge in [0.1, 0.15) is 0 Å². The summed E-state index contributed by atoms with van der Waals surface area (Å²) >= 11 is 0. The maximum absolute atomic E-state index is 10.1. The molecule has 1 N–H and O–H groups in total. The minimum atomic E-state index is -0.172. The monoisotopic (exact) mass is 254 g/mol. The first-order valence-electron chi connectivity index (χ1n) is 7.67. The zero-order chi connectivity index (χ0) is 13.2. The standard InChI is InChI=1S/C16H30O2/c1-3-15(18-2)12-9-8-11-14-10-6-4-5-7-13-16(14)17/h11,15-17H,3-10,12-13H2,1-2H3. The van der Waals surface area contributed by atoms with Crippen LogP contribution in [-0.4, -0.2) is 24.4 Å². The van der Waals surface area contributed by atoms with Crippen LogP contribution in [0, 0.1) is 0 Å². The highest BCUT2D eigenvalue weighted by molar-refractivity contribution is 5.08. The minimum absolute atomic E-state index is 0.172. The summed E-state index contributed by atoms with van der Waals surface area (Å²) in [6.07, 6.45) is 14.1. The van der Waals surface area contributed by atoms with Gasteiger partial charge in [-0.3, -0.25) is 0 Å². The van der Waals surface area contributed by atoms with Crippen molar-refractivity contribution in [2.45, 2.75) is 83.3 Å². The number of aliphatic hydroxyl groups is 1. The third-order valence-electron chi connectivity index (χ3n) is 4.05. The Morgan fingerprint density at radius 1 is 1.33 bits per heavy atom. The summed E-state index contributed by atoms with van der Waals surface area (Å²) in [4.78, 5) is 0. The van der Waals surface area contributed by atoms with Crippen LogP contribution in [-0.2, 0) is 4.74 Å². The van der Waals surface area contributed by atoms with Crippen LogP contribution in [0.4, 0.5) is 0 Å². The van der Waals surface area contributed by atoms with Crippen LogP contribution >= 0.6 is 0 Å². The van der Waals surface area contributed by atoms with Gasteiger partial charge in [-0.05, 0) is 50.5 Å². The van der Waals surface area contributed by atoms with Gasteiger partial charge in [-0.2, -0.15) is 0 Å². The third kappa shape index (κ3) is 6.01. The van der Waals surface area contributed by atoms with Crippen LogP contribution in [0.5, 0.6) is 0 Å². The van der Waals surface area contributed by atoms with Gasteiger partial charge in [0.05, 0.1) is 12.2 Å². The molecule has 2 heteroatoms. The first-order valence-corrected chi connectivity index (χ1v) is 7.67. The van der Waals surface area contributed by atoms with E-state index in [1.807, 2.05) is 0 Å². The molecule has 1 aliphatic rings. The molecule has 0 saturated heterocycles. The largest absolute Gasteiger partial charge is 0.389 e. The second-order valence-electron chi connectivity index (χ2n) is 5.44. The van der Waals surface area contributed by atoms with Gasteiger partial charge >= 0.3 is 0 Å². The van der Waals surface area contributed by atoms with Gasteiger partial charge in [0.15, 0.2) is 0 Å². The molecule has 0 bridgehead atoms. The Bertz CT molecular complexity index is 231. The number of aliphatic hydroxyl groups excluding tert-OH is 1. The van der Waals surface area contributed by atoms with Crippen molar-refractivity contribution in [3.05, 3.63) is 11.6 Å². The quantitative estimate of drug-likeness (QED) is 0.568. The van der Waals surface area contributed by atoms with E-state index < -0.39 is 0 Å². The summed E-state index contributed by atoms with van der Waals surface area (Å²) in [5, 5.41) is 10.1. The average Bonchev–Trinajstić information content (AvgIpc) is 2.37. The normalized spacial score (nSPS) is 25.7. The van der Waals surface area contributed by atoms with E-state index in [1.165, 1.54) is 37.7 Å². The summed E-state index contributed by atoms with van der Waals surface area (Å²) in [5.74, 6) is 0. The van der Waals surface area contributed by atoms with Crippen LogP contribution in [0.2, 0.25) is 0 Å². The second-order valence-corrected chi connectivity index (χ2v) is 5.44. The molecule has 1 rings (SSSR count). The SMILES string of the molecule is CCC(CCCC=C1CCCCCCC1O)OC. The lowest BCUT2D eigenvalue weighted by Crippen LogP contribution is -2.12. The average molecular weight is 254 g/mol. The number of ether oxygens (including phenoxy) is 1. The maximum Gasteiger partial charge on any atom is 0.0750 e. The first-order chi connectivity index (χ1) is 8.77. The van der Waals surface area contributed by atoms with E-state index in [0.29, 0.717) is 6.10 Å². The Balaban J connectivity index is 2.29. The molecule has 0 aromatic carbocycles. The van der Waals surface area contributed by atoms with E-state index in [-0.39, 0.29) is 6.10 Å². The van der Waals surface area contributed by atoms with Crippen molar-refractivity contribution >= 4 is 0 Å². The summed E-state index contributed by atoms with van der Waals surface area (Å²) in [7, 11) is 1.80.